The molecule has 1 aliphatic carbocycles. The molecular weight excluding hydrogens is 838 g/mol. The van der Waals surface area contributed by atoms with Gasteiger partial charge >= 0.3 is 0 Å². The Bertz CT molecular complexity index is 2180. The van der Waals surface area contributed by atoms with Crippen molar-refractivity contribution in [1.29, 1.82) is 0 Å². The second-order valence-electron chi connectivity index (χ2n) is 14.0. The Hall–Kier alpha value is -5.13. The van der Waals surface area contributed by atoms with Gasteiger partial charge in [-0.3, -0.25) is 33.8 Å². The molecule has 4 aliphatic rings. The lowest BCUT2D eigenvalue weighted by Crippen LogP contribution is -2.47. The SMILES string of the molecule is C#CCN1C(=O)COc2cc(F)c(N3C(=O)C4=C(CCCC4)C3=O)cc21.CC1COc2ccccc2N1C(=O)C(Cl)Cl.CCOCN(C(=O)CCl)c1c(C)cccc1CC. The van der Waals surface area contributed by atoms with Crippen LogP contribution < -0.4 is 29.1 Å². The fraction of sp³-hybridized carbons (Fsp3) is 0.386. The van der Waals surface area contributed by atoms with Crippen LogP contribution in [0.25, 0.3) is 0 Å². The van der Waals surface area contributed by atoms with Crippen LogP contribution in [0.3, 0.4) is 0 Å². The molecule has 0 saturated heterocycles. The first-order chi connectivity index (χ1) is 28.8. The summed E-state index contributed by atoms with van der Waals surface area (Å²) in [5, 5.41) is 0. The van der Waals surface area contributed by atoms with Crippen molar-refractivity contribution in [3.8, 4) is 23.8 Å². The van der Waals surface area contributed by atoms with E-state index in [2.05, 4.69) is 12.8 Å². The van der Waals surface area contributed by atoms with Crippen molar-refractivity contribution in [3.05, 3.63) is 82.7 Å². The van der Waals surface area contributed by atoms with E-state index in [4.69, 9.17) is 55.4 Å². The zero-order valence-corrected chi connectivity index (χ0v) is 36.0. The lowest BCUT2D eigenvalue weighted by atomic mass is 9.93. The topological polar surface area (TPSA) is 126 Å². The molecule has 0 saturated carbocycles. The molecular formula is C44H46Cl3FN4O8. The maximum absolute atomic E-state index is 14.7. The maximum atomic E-state index is 14.7. The average Bonchev–Trinajstić information content (AvgIpc) is 3.50. The average molecular weight is 884 g/mol. The molecule has 3 aromatic rings. The number of benzene rings is 3. The molecule has 5 amide bonds. The molecule has 1 unspecified atom stereocenters. The second-order valence-corrected chi connectivity index (χ2v) is 15.4. The Kier molecular flexibility index (Phi) is 16.0. The zero-order valence-electron chi connectivity index (χ0n) is 33.8. The number of hydrogen-bond donors (Lipinski definition) is 0. The van der Waals surface area contributed by atoms with Gasteiger partial charge in [-0.2, -0.15) is 0 Å². The Morgan fingerprint density at radius 1 is 0.967 bits per heavy atom. The number of hydrogen-bond acceptors (Lipinski definition) is 8. The third-order valence-electron chi connectivity index (χ3n) is 10.1. The van der Waals surface area contributed by atoms with Crippen LogP contribution in [0.2, 0.25) is 0 Å². The fourth-order valence-corrected chi connectivity index (χ4v) is 7.61. The second kappa shape index (κ2) is 20.9. The first-order valence-electron chi connectivity index (χ1n) is 19.5. The van der Waals surface area contributed by atoms with Crippen LogP contribution in [0.4, 0.5) is 27.1 Å². The van der Waals surface area contributed by atoms with Gasteiger partial charge in [-0.05, 0) is 82.2 Å². The number of nitrogens with zero attached hydrogens (tertiary/aromatic N) is 4. The molecule has 0 radical (unpaired) electrons. The number of alkyl halides is 3. The van der Waals surface area contributed by atoms with Gasteiger partial charge in [-0.15, -0.1) is 18.0 Å². The van der Waals surface area contributed by atoms with E-state index < -0.39 is 22.5 Å². The van der Waals surface area contributed by atoms with Gasteiger partial charge in [0, 0.05) is 23.8 Å². The van der Waals surface area contributed by atoms with Crippen molar-refractivity contribution in [2.24, 2.45) is 0 Å². The first-order valence-corrected chi connectivity index (χ1v) is 20.9. The standard InChI is InChI=1S/C19H15FN2O4.C14H20ClNO2.C11H11Cl2NO2/c1-2-7-21-15-9-14(13(20)8-16(15)26-10-17(21)23)22-18(24)11-5-3-4-6-12(11)19(22)25;1-4-12-8-6-7-11(3)14(12)16(10-18-5-2)13(17)9-15;1-7-6-16-9-5-3-2-4-8(9)14(7)11(15)10(12)13/h1,8-9H,3-7,10H2;6-8H,4-5,9-10H2,1-3H3;2-5,7,10H,6H2,1H3. The van der Waals surface area contributed by atoms with Crippen molar-refractivity contribution in [3.63, 3.8) is 0 Å². The summed E-state index contributed by atoms with van der Waals surface area (Å²) in [4.78, 5) is 65.5. The number of amides is 5. The molecule has 3 aliphatic heterocycles. The van der Waals surface area contributed by atoms with Crippen molar-refractivity contribution >= 4 is 87.1 Å². The Morgan fingerprint density at radius 2 is 1.65 bits per heavy atom. The Balaban J connectivity index is 0.000000178. The molecule has 0 N–H and O–H groups in total. The van der Waals surface area contributed by atoms with Crippen molar-refractivity contribution < 1.29 is 42.6 Å². The van der Waals surface area contributed by atoms with Crippen LogP contribution in [-0.4, -0.2) is 79.4 Å². The third kappa shape index (κ3) is 9.90. The molecule has 318 valence electrons. The van der Waals surface area contributed by atoms with E-state index in [-0.39, 0.29) is 66.7 Å². The zero-order chi connectivity index (χ0) is 43.7. The first kappa shape index (κ1) is 45.9. The molecule has 3 aromatic carbocycles. The number of carbonyl (C=O) groups excluding carboxylic acids is 5. The van der Waals surface area contributed by atoms with Gasteiger partial charge < -0.3 is 19.1 Å². The number of para-hydroxylation sites is 3. The number of ether oxygens (including phenoxy) is 3. The predicted octanol–water partition coefficient (Wildman–Crippen LogP) is 7.66. The summed E-state index contributed by atoms with van der Waals surface area (Å²) in [5.74, 6) is 0.608. The molecule has 60 heavy (non-hydrogen) atoms. The van der Waals surface area contributed by atoms with E-state index in [9.17, 15) is 28.4 Å². The van der Waals surface area contributed by atoms with Gasteiger partial charge in [0.2, 0.25) is 5.91 Å². The highest BCUT2D eigenvalue weighted by atomic mass is 35.5. The van der Waals surface area contributed by atoms with Gasteiger partial charge in [0.1, 0.15) is 30.7 Å². The quantitative estimate of drug-likeness (QED) is 0.0929. The molecule has 12 nitrogen and oxygen atoms in total. The Labute approximate surface area is 364 Å². The number of terminal acetylenes is 1. The Morgan fingerprint density at radius 3 is 2.27 bits per heavy atom. The van der Waals surface area contributed by atoms with Crippen LogP contribution in [-0.2, 0) is 35.1 Å². The summed E-state index contributed by atoms with van der Waals surface area (Å²) in [7, 11) is 0. The van der Waals surface area contributed by atoms with E-state index >= 15 is 0 Å². The number of anilines is 4. The van der Waals surface area contributed by atoms with Crippen LogP contribution in [0.5, 0.6) is 11.5 Å². The van der Waals surface area contributed by atoms with Gasteiger partial charge in [-0.1, -0.05) is 66.4 Å². The van der Waals surface area contributed by atoms with Crippen molar-refractivity contribution in [2.75, 3.05) is 58.6 Å². The summed E-state index contributed by atoms with van der Waals surface area (Å²) >= 11 is 16.9. The van der Waals surface area contributed by atoms with E-state index in [1.807, 2.05) is 63.2 Å². The minimum absolute atomic E-state index is 0.0170. The van der Waals surface area contributed by atoms with E-state index in [1.165, 1.54) is 11.0 Å². The number of carbonyl (C=O) groups is 5. The van der Waals surface area contributed by atoms with E-state index in [0.29, 0.717) is 43.0 Å². The number of fused-ring (bicyclic) bond motifs is 2. The molecule has 0 fully saturated rings. The lowest BCUT2D eigenvalue weighted by Gasteiger charge is -2.35. The summed E-state index contributed by atoms with van der Waals surface area (Å²) in [6.45, 7) is 8.87. The highest BCUT2D eigenvalue weighted by Crippen LogP contribution is 2.42. The fourth-order valence-electron chi connectivity index (χ4n) is 7.25. The van der Waals surface area contributed by atoms with Gasteiger partial charge in [0.15, 0.2) is 17.3 Å². The van der Waals surface area contributed by atoms with E-state index in [0.717, 1.165) is 52.7 Å². The predicted molar refractivity (Wildman–Crippen MR) is 231 cm³/mol. The van der Waals surface area contributed by atoms with Crippen LogP contribution in [0.1, 0.15) is 57.6 Å². The largest absolute Gasteiger partial charge is 0.489 e. The van der Waals surface area contributed by atoms with Crippen LogP contribution >= 0.6 is 34.8 Å². The molecule has 7 rings (SSSR count). The van der Waals surface area contributed by atoms with Crippen molar-refractivity contribution in [1.82, 2.24) is 0 Å². The third-order valence-corrected chi connectivity index (χ3v) is 10.7. The minimum Gasteiger partial charge on any atom is -0.489 e. The number of aryl methyl sites for hydroxylation is 2. The van der Waals surface area contributed by atoms with Crippen LogP contribution in [0, 0.1) is 25.1 Å². The molecule has 0 bridgehead atoms. The highest BCUT2D eigenvalue weighted by Gasteiger charge is 2.42. The lowest BCUT2D eigenvalue weighted by molar-refractivity contribution is -0.121. The summed E-state index contributed by atoms with van der Waals surface area (Å²) in [6.07, 6.45) is 8.88. The van der Waals surface area contributed by atoms with Gasteiger partial charge in [0.05, 0.1) is 35.3 Å². The van der Waals surface area contributed by atoms with Crippen molar-refractivity contribution in [2.45, 2.75) is 70.7 Å². The summed E-state index contributed by atoms with van der Waals surface area (Å²) < 4.78 is 30.8. The van der Waals surface area contributed by atoms with Gasteiger partial charge in [0.25, 0.3) is 23.6 Å². The minimum atomic E-state index is -1.05. The van der Waals surface area contributed by atoms with E-state index in [1.54, 1.807) is 9.80 Å². The molecule has 16 heteroatoms. The number of imide groups is 1. The normalized spacial score (nSPS) is 16.6. The summed E-state index contributed by atoms with van der Waals surface area (Å²) in [5.41, 5.74) is 4.84. The highest BCUT2D eigenvalue weighted by molar-refractivity contribution is 6.54. The molecule has 3 heterocycles. The molecule has 1 atom stereocenters. The summed E-state index contributed by atoms with van der Waals surface area (Å²) in [6, 6.07) is 15.7. The van der Waals surface area contributed by atoms with Gasteiger partial charge in [-0.25, -0.2) is 9.29 Å². The molecule has 0 spiro atoms. The number of halogens is 4. The number of rotatable bonds is 9. The monoisotopic (exact) mass is 882 g/mol. The molecule has 0 aromatic heterocycles. The smallest absolute Gasteiger partial charge is 0.265 e. The van der Waals surface area contributed by atoms with Crippen LogP contribution in [0.15, 0.2) is 65.7 Å². The maximum Gasteiger partial charge on any atom is 0.265 e.